The van der Waals surface area contributed by atoms with Gasteiger partial charge in [-0.1, -0.05) is 12.1 Å². The van der Waals surface area contributed by atoms with Gasteiger partial charge in [-0.15, -0.1) is 0 Å². The molecule has 0 saturated carbocycles. The quantitative estimate of drug-likeness (QED) is 0.647. The molecule has 1 fully saturated rings. The van der Waals surface area contributed by atoms with Crippen LogP contribution in [0.3, 0.4) is 0 Å². The zero-order valence-electron chi connectivity index (χ0n) is 12.5. The SMILES string of the molecule is Ic1cnc2[nH]cc(-c3ccc(OC4CCCCO4)cc3)c2n1. The smallest absolute Gasteiger partial charge is 0.199 e. The van der Waals surface area contributed by atoms with E-state index in [1.54, 1.807) is 6.20 Å². The highest BCUT2D eigenvalue weighted by molar-refractivity contribution is 14.1. The summed E-state index contributed by atoms with van der Waals surface area (Å²) in [5.41, 5.74) is 3.83. The van der Waals surface area contributed by atoms with E-state index in [4.69, 9.17) is 9.47 Å². The van der Waals surface area contributed by atoms with Crippen molar-refractivity contribution in [3.8, 4) is 16.9 Å². The van der Waals surface area contributed by atoms with E-state index in [1.165, 1.54) is 0 Å². The molecule has 118 valence electrons. The highest BCUT2D eigenvalue weighted by Gasteiger charge is 2.15. The lowest BCUT2D eigenvalue weighted by atomic mass is 10.1. The number of H-pyrrole nitrogens is 1. The molecule has 5 nitrogen and oxygen atoms in total. The van der Waals surface area contributed by atoms with Crippen molar-refractivity contribution < 1.29 is 9.47 Å². The van der Waals surface area contributed by atoms with Crippen molar-refractivity contribution in [3.05, 3.63) is 40.4 Å². The van der Waals surface area contributed by atoms with E-state index in [1.807, 2.05) is 30.5 Å². The Bertz CT molecular complexity index is 810. The van der Waals surface area contributed by atoms with Crippen molar-refractivity contribution >= 4 is 33.8 Å². The minimum absolute atomic E-state index is 0.116. The Labute approximate surface area is 147 Å². The Morgan fingerprint density at radius 1 is 1.22 bits per heavy atom. The highest BCUT2D eigenvalue weighted by atomic mass is 127. The van der Waals surface area contributed by atoms with Crippen molar-refractivity contribution in [2.75, 3.05) is 6.61 Å². The fraction of sp³-hybridized carbons (Fsp3) is 0.294. The molecule has 0 spiro atoms. The normalized spacial score (nSPS) is 18.2. The Morgan fingerprint density at radius 3 is 2.87 bits per heavy atom. The maximum Gasteiger partial charge on any atom is 0.199 e. The predicted octanol–water partition coefficient (Wildman–Crippen LogP) is 4.13. The zero-order chi connectivity index (χ0) is 15.6. The van der Waals surface area contributed by atoms with Crippen LogP contribution in [0.1, 0.15) is 19.3 Å². The molecule has 3 aromatic rings. The molecular formula is C17H16IN3O2. The van der Waals surface area contributed by atoms with E-state index in [0.29, 0.717) is 0 Å². The van der Waals surface area contributed by atoms with Crippen LogP contribution < -0.4 is 4.74 Å². The first kappa shape index (κ1) is 14.9. The summed E-state index contributed by atoms with van der Waals surface area (Å²) in [5, 5.41) is 0. The highest BCUT2D eigenvalue weighted by Crippen LogP contribution is 2.29. The fourth-order valence-corrected chi connectivity index (χ4v) is 3.14. The summed E-state index contributed by atoms with van der Waals surface area (Å²) in [4.78, 5) is 12.1. The summed E-state index contributed by atoms with van der Waals surface area (Å²) < 4.78 is 12.4. The van der Waals surface area contributed by atoms with Crippen molar-refractivity contribution in [2.24, 2.45) is 0 Å². The molecule has 1 unspecified atom stereocenters. The number of hydrogen-bond donors (Lipinski definition) is 1. The second-order valence-corrected chi connectivity index (χ2v) is 6.64. The van der Waals surface area contributed by atoms with Crippen LogP contribution in [0, 0.1) is 3.70 Å². The van der Waals surface area contributed by atoms with Crippen molar-refractivity contribution in [1.29, 1.82) is 0 Å². The Hall–Kier alpha value is -1.67. The van der Waals surface area contributed by atoms with Crippen LogP contribution in [-0.2, 0) is 4.74 Å². The first-order valence-corrected chi connectivity index (χ1v) is 8.76. The lowest BCUT2D eigenvalue weighted by Gasteiger charge is -2.23. The van der Waals surface area contributed by atoms with E-state index < -0.39 is 0 Å². The van der Waals surface area contributed by atoms with Gasteiger partial charge < -0.3 is 14.5 Å². The summed E-state index contributed by atoms with van der Waals surface area (Å²) >= 11 is 2.18. The van der Waals surface area contributed by atoms with Gasteiger partial charge in [0.25, 0.3) is 0 Å². The van der Waals surface area contributed by atoms with Gasteiger partial charge in [0, 0.05) is 18.2 Å². The van der Waals surface area contributed by atoms with Crippen LogP contribution in [0.15, 0.2) is 36.7 Å². The first-order valence-electron chi connectivity index (χ1n) is 7.68. The third-order valence-corrected chi connectivity index (χ3v) is 4.44. The molecule has 0 amide bonds. The summed E-state index contributed by atoms with van der Waals surface area (Å²) in [6.45, 7) is 0.787. The number of fused-ring (bicyclic) bond motifs is 1. The van der Waals surface area contributed by atoms with Crippen LogP contribution in [0.2, 0.25) is 0 Å². The van der Waals surface area contributed by atoms with Gasteiger partial charge in [-0.3, -0.25) is 0 Å². The largest absolute Gasteiger partial charge is 0.465 e. The van der Waals surface area contributed by atoms with E-state index >= 15 is 0 Å². The second kappa shape index (κ2) is 6.45. The topological polar surface area (TPSA) is 60.0 Å². The molecule has 6 heteroatoms. The summed E-state index contributed by atoms with van der Waals surface area (Å²) in [6, 6.07) is 8.05. The minimum atomic E-state index is -0.116. The van der Waals surface area contributed by atoms with Crippen LogP contribution in [0.25, 0.3) is 22.3 Å². The van der Waals surface area contributed by atoms with Crippen LogP contribution >= 0.6 is 22.6 Å². The molecule has 2 aromatic heterocycles. The third kappa shape index (κ3) is 3.18. The van der Waals surface area contributed by atoms with Crippen LogP contribution in [-0.4, -0.2) is 27.8 Å². The molecule has 23 heavy (non-hydrogen) atoms. The van der Waals surface area contributed by atoms with Crippen molar-refractivity contribution in [3.63, 3.8) is 0 Å². The van der Waals surface area contributed by atoms with E-state index in [0.717, 1.165) is 57.6 Å². The third-order valence-electron chi connectivity index (χ3n) is 3.92. The van der Waals surface area contributed by atoms with Gasteiger partial charge in [-0.05, 0) is 53.1 Å². The summed E-state index contributed by atoms with van der Waals surface area (Å²) in [7, 11) is 0. The van der Waals surface area contributed by atoms with Gasteiger partial charge in [0.1, 0.15) is 15.0 Å². The molecule has 1 aromatic carbocycles. The minimum Gasteiger partial charge on any atom is -0.465 e. The monoisotopic (exact) mass is 421 g/mol. The first-order chi connectivity index (χ1) is 11.3. The number of aromatic nitrogens is 3. The molecule has 1 saturated heterocycles. The molecule has 1 N–H and O–H groups in total. The van der Waals surface area contributed by atoms with Gasteiger partial charge in [0.2, 0.25) is 0 Å². The van der Waals surface area contributed by atoms with Gasteiger partial charge in [0.15, 0.2) is 11.9 Å². The number of hydrogen-bond acceptors (Lipinski definition) is 4. The van der Waals surface area contributed by atoms with E-state index in [9.17, 15) is 0 Å². The molecule has 1 atom stereocenters. The van der Waals surface area contributed by atoms with Gasteiger partial charge in [0.05, 0.1) is 12.8 Å². The molecule has 3 heterocycles. The fourth-order valence-electron chi connectivity index (χ4n) is 2.76. The summed E-state index contributed by atoms with van der Waals surface area (Å²) in [6.07, 6.45) is 6.83. The number of rotatable bonds is 3. The van der Waals surface area contributed by atoms with Gasteiger partial charge >= 0.3 is 0 Å². The number of aromatic amines is 1. The number of nitrogens with zero attached hydrogens (tertiary/aromatic N) is 2. The number of benzene rings is 1. The lowest BCUT2D eigenvalue weighted by Crippen LogP contribution is -2.24. The van der Waals surface area contributed by atoms with E-state index in [2.05, 4.69) is 37.5 Å². The van der Waals surface area contributed by atoms with Crippen molar-refractivity contribution in [2.45, 2.75) is 25.6 Å². The van der Waals surface area contributed by atoms with Crippen molar-refractivity contribution in [1.82, 2.24) is 15.0 Å². The number of halogens is 1. The molecule has 0 aliphatic carbocycles. The second-order valence-electron chi connectivity index (χ2n) is 5.53. The average Bonchev–Trinajstić information content (AvgIpc) is 2.99. The predicted molar refractivity (Wildman–Crippen MR) is 96.3 cm³/mol. The average molecular weight is 421 g/mol. The molecule has 1 aliphatic rings. The molecule has 0 radical (unpaired) electrons. The Balaban J connectivity index is 1.58. The molecule has 0 bridgehead atoms. The van der Waals surface area contributed by atoms with Crippen LogP contribution in [0.4, 0.5) is 0 Å². The lowest BCUT2D eigenvalue weighted by molar-refractivity contribution is -0.105. The van der Waals surface area contributed by atoms with Gasteiger partial charge in [-0.25, -0.2) is 9.97 Å². The zero-order valence-corrected chi connectivity index (χ0v) is 14.6. The molecule has 4 rings (SSSR count). The number of ether oxygens (including phenoxy) is 2. The number of nitrogens with one attached hydrogen (secondary N) is 1. The molecule has 1 aliphatic heterocycles. The maximum atomic E-state index is 5.88. The Morgan fingerprint density at radius 2 is 2.09 bits per heavy atom. The summed E-state index contributed by atoms with van der Waals surface area (Å²) in [5.74, 6) is 0.834. The van der Waals surface area contributed by atoms with Gasteiger partial charge in [-0.2, -0.15) is 0 Å². The standard InChI is InChI=1S/C17H16IN3O2/c18-14-10-20-17-16(21-14)13(9-19-17)11-4-6-12(7-5-11)23-15-3-1-2-8-22-15/h4-7,9-10,15H,1-3,8H2,(H,19,20). The Kier molecular flexibility index (Phi) is 4.17. The molecular weight excluding hydrogens is 405 g/mol. The van der Waals surface area contributed by atoms with E-state index in [-0.39, 0.29) is 6.29 Å². The maximum absolute atomic E-state index is 5.88. The van der Waals surface area contributed by atoms with Crippen LogP contribution in [0.5, 0.6) is 5.75 Å².